The van der Waals surface area contributed by atoms with Crippen molar-refractivity contribution in [1.82, 2.24) is 9.88 Å². The Morgan fingerprint density at radius 2 is 2.08 bits per heavy atom. The van der Waals surface area contributed by atoms with Gasteiger partial charge in [-0.2, -0.15) is 0 Å². The van der Waals surface area contributed by atoms with Crippen LogP contribution in [0.3, 0.4) is 0 Å². The number of pyridine rings is 1. The normalized spacial score (nSPS) is 12.4. The van der Waals surface area contributed by atoms with Crippen LogP contribution in [0.4, 0.5) is 10.5 Å². The molecule has 1 aliphatic heterocycles. The summed E-state index contributed by atoms with van der Waals surface area (Å²) in [6.45, 7) is 5.01. The van der Waals surface area contributed by atoms with Crippen LogP contribution in [0.2, 0.25) is 0 Å². The van der Waals surface area contributed by atoms with Gasteiger partial charge in [-0.05, 0) is 37.4 Å². The van der Waals surface area contributed by atoms with E-state index in [1.165, 1.54) is 0 Å². The zero-order valence-corrected chi connectivity index (χ0v) is 14.4. The minimum Gasteiger partial charge on any atom is -0.493 e. The lowest BCUT2D eigenvalue weighted by Crippen LogP contribution is -2.33. The number of methoxy groups -OCH3 is 1. The van der Waals surface area contributed by atoms with E-state index in [2.05, 4.69) is 4.98 Å². The molecule has 6 heteroatoms. The van der Waals surface area contributed by atoms with Crippen LogP contribution in [0.5, 0.6) is 11.5 Å². The molecular weight excluding hydrogens is 306 g/mol. The highest BCUT2D eigenvalue weighted by Gasteiger charge is 2.25. The number of aromatic nitrogens is 1. The molecule has 0 atom stereocenters. The quantitative estimate of drug-likeness (QED) is 0.860. The first-order chi connectivity index (χ1) is 11.6. The third-order valence-corrected chi connectivity index (χ3v) is 4.21. The maximum absolute atomic E-state index is 12.5. The van der Waals surface area contributed by atoms with Gasteiger partial charge in [-0.1, -0.05) is 0 Å². The Bertz CT molecular complexity index is 813. The van der Waals surface area contributed by atoms with Crippen LogP contribution in [0, 0.1) is 0 Å². The highest BCUT2D eigenvalue weighted by molar-refractivity contribution is 6.06. The highest BCUT2D eigenvalue weighted by Crippen LogP contribution is 2.46. The van der Waals surface area contributed by atoms with Crippen LogP contribution in [0.25, 0.3) is 16.8 Å². The van der Waals surface area contributed by atoms with Crippen molar-refractivity contribution in [2.75, 3.05) is 32.1 Å². The molecule has 0 saturated carbocycles. The molecule has 3 rings (SSSR count). The predicted octanol–water partition coefficient (Wildman–Crippen LogP) is 3.50. The van der Waals surface area contributed by atoms with E-state index < -0.39 is 0 Å². The molecule has 6 nitrogen and oxygen atoms in total. The van der Waals surface area contributed by atoms with Gasteiger partial charge in [0.2, 0.25) is 0 Å². The molecule has 2 aromatic rings. The summed E-state index contributed by atoms with van der Waals surface area (Å²) in [6.07, 6.45) is 5.22. The van der Waals surface area contributed by atoms with Gasteiger partial charge in [-0.3, -0.25) is 4.98 Å². The van der Waals surface area contributed by atoms with Crippen LogP contribution in [-0.2, 0) is 0 Å². The summed E-state index contributed by atoms with van der Waals surface area (Å²) in [5.41, 5.74) is 1.64. The number of hydrogen-bond donors (Lipinski definition) is 0. The second-order valence-corrected chi connectivity index (χ2v) is 5.52. The molecule has 0 unspecified atom stereocenters. The molecular formula is C18H21N3O3. The van der Waals surface area contributed by atoms with Gasteiger partial charge in [0.05, 0.1) is 18.5 Å². The van der Waals surface area contributed by atoms with Crippen molar-refractivity contribution in [3.8, 4) is 11.5 Å². The van der Waals surface area contributed by atoms with Gasteiger partial charge in [0, 0.05) is 37.9 Å². The first kappa shape index (κ1) is 16.1. The number of amides is 1. The number of benzene rings is 1. The van der Waals surface area contributed by atoms with Crippen molar-refractivity contribution in [2.45, 2.75) is 13.8 Å². The molecule has 0 saturated heterocycles. The zero-order valence-electron chi connectivity index (χ0n) is 14.4. The lowest BCUT2D eigenvalue weighted by molar-refractivity contribution is 0.156. The summed E-state index contributed by atoms with van der Waals surface area (Å²) in [6, 6.07) is 3.80. The van der Waals surface area contributed by atoms with Crippen molar-refractivity contribution in [3.63, 3.8) is 0 Å². The predicted molar refractivity (Wildman–Crippen MR) is 94.7 cm³/mol. The Balaban J connectivity index is 2.19. The SMILES string of the molecule is CCN(CC)C(=O)Oc1c(OC)cc2ccnc3c2c1N(C)C=C3. The minimum atomic E-state index is -0.387. The lowest BCUT2D eigenvalue weighted by Gasteiger charge is -2.27. The molecule has 0 radical (unpaired) electrons. The molecule has 0 fully saturated rings. The Kier molecular flexibility index (Phi) is 4.29. The third-order valence-electron chi connectivity index (χ3n) is 4.21. The van der Waals surface area contributed by atoms with Gasteiger partial charge in [0.25, 0.3) is 0 Å². The lowest BCUT2D eigenvalue weighted by atomic mass is 10.0. The number of carbonyl (C=O) groups excluding carboxylic acids is 1. The largest absolute Gasteiger partial charge is 0.493 e. The van der Waals surface area contributed by atoms with Gasteiger partial charge < -0.3 is 19.3 Å². The van der Waals surface area contributed by atoms with Gasteiger partial charge in [0.1, 0.15) is 0 Å². The molecule has 1 aromatic carbocycles. The van der Waals surface area contributed by atoms with Crippen molar-refractivity contribution < 1.29 is 14.3 Å². The number of hydrogen-bond acceptors (Lipinski definition) is 5. The van der Waals surface area contributed by atoms with E-state index in [9.17, 15) is 4.79 Å². The Morgan fingerprint density at radius 1 is 1.33 bits per heavy atom. The van der Waals surface area contributed by atoms with E-state index in [0.29, 0.717) is 24.6 Å². The molecule has 1 amide bonds. The fourth-order valence-corrected chi connectivity index (χ4v) is 2.91. The average molecular weight is 327 g/mol. The fraction of sp³-hybridized carbons (Fsp3) is 0.333. The summed E-state index contributed by atoms with van der Waals surface area (Å²) >= 11 is 0. The van der Waals surface area contributed by atoms with Crippen LogP contribution < -0.4 is 14.4 Å². The van der Waals surface area contributed by atoms with Crippen molar-refractivity contribution >= 4 is 28.6 Å². The Morgan fingerprint density at radius 3 is 2.75 bits per heavy atom. The standard InChI is InChI=1S/C18H21N3O3/c1-5-21(6-2)18(22)24-17-14(23-4)11-12-7-9-19-13-8-10-20(3)16(17)15(12)13/h7-11H,5-6H2,1-4H3. The van der Waals surface area contributed by atoms with Gasteiger partial charge in [-0.25, -0.2) is 4.79 Å². The van der Waals surface area contributed by atoms with Crippen LogP contribution in [-0.4, -0.2) is 43.2 Å². The zero-order chi connectivity index (χ0) is 17.3. The second-order valence-electron chi connectivity index (χ2n) is 5.52. The van der Waals surface area contributed by atoms with Gasteiger partial charge in [0.15, 0.2) is 11.5 Å². The average Bonchev–Trinajstić information content (AvgIpc) is 2.59. The van der Waals surface area contributed by atoms with E-state index >= 15 is 0 Å². The molecule has 1 aliphatic rings. The second kappa shape index (κ2) is 6.39. The maximum atomic E-state index is 12.5. The minimum absolute atomic E-state index is 0.387. The third kappa shape index (κ3) is 2.54. The molecule has 0 aliphatic carbocycles. The van der Waals surface area contributed by atoms with Crippen molar-refractivity contribution in [3.05, 3.63) is 30.2 Å². The fourth-order valence-electron chi connectivity index (χ4n) is 2.91. The molecule has 0 bridgehead atoms. The summed E-state index contributed by atoms with van der Waals surface area (Å²) in [4.78, 5) is 20.4. The summed E-state index contributed by atoms with van der Waals surface area (Å²) in [5.74, 6) is 0.945. The van der Waals surface area contributed by atoms with Gasteiger partial charge in [-0.15, -0.1) is 0 Å². The topological polar surface area (TPSA) is 54.9 Å². The first-order valence-corrected chi connectivity index (χ1v) is 7.98. The van der Waals surface area contributed by atoms with Crippen molar-refractivity contribution in [1.29, 1.82) is 0 Å². The van der Waals surface area contributed by atoms with E-state index in [1.54, 1.807) is 18.2 Å². The van der Waals surface area contributed by atoms with Crippen LogP contribution >= 0.6 is 0 Å². The molecule has 2 heterocycles. The molecule has 1 aromatic heterocycles. The summed E-state index contributed by atoms with van der Waals surface area (Å²) in [5, 5.41) is 1.94. The van der Waals surface area contributed by atoms with Crippen LogP contribution in [0.1, 0.15) is 19.5 Å². The van der Waals surface area contributed by atoms with E-state index in [4.69, 9.17) is 9.47 Å². The first-order valence-electron chi connectivity index (χ1n) is 7.98. The Labute approximate surface area is 141 Å². The number of nitrogens with zero attached hydrogens (tertiary/aromatic N) is 3. The molecule has 0 spiro atoms. The monoisotopic (exact) mass is 327 g/mol. The van der Waals surface area contributed by atoms with Gasteiger partial charge >= 0.3 is 6.09 Å². The summed E-state index contributed by atoms with van der Waals surface area (Å²) in [7, 11) is 3.48. The molecule has 24 heavy (non-hydrogen) atoms. The van der Waals surface area contributed by atoms with E-state index in [-0.39, 0.29) is 6.09 Å². The Hall–Kier alpha value is -2.76. The molecule has 126 valence electrons. The molecule has 0 N–H and O–H groups in total. The summed E-state index contributed by atoms with van der Waals surface area (Å²) < 4.78 is 11.2. The number of carbonyl (C=O) groups is 1. The maximum Gasteiger partial charge on any atom is 0.415 e. The smallest absolute Gasteiger partial charge is 0.415 e. The number of ether oxygens (including phenoxy) is 2. The van der Waals surface area contributed by atoms with Crippen molar-refractivity contribution in [2.24, 2.45) is 0 Å². The van der Waals surface area contributed by atoms with Crippen LogP contribution in [0.15, 0.2) is 24.5 Å². The highest BCUT2D eigenvalue weighted by atomic mass is 16.6. The number of rotatable bonds is 4. The number of anilines is 1. The van der Waals surface area contributed by atoms with E-state index in [1.807, 2.05) is 50.2 Å². The van der Waals surface area contributed by atoms with E-state index in [0.717, 1.165) is 22.2 Å².